The van der Waals surface area contributed by atoms with Crippen molar-refractivity contribution in [2.45, 2.75) is 32.7 Å². The van der Waals surface area contributed by atoms with Gasteiger partial charge < -0.3 is 5.32 Å². The van der Waals surface area contributed by atoms with Crippen LogP contribution in [0.1, 0.15) is 36.9 Å². The van der Waals surface area contributed by atoms with Crippen LogP contribution in [0.4, 0.5) is 4.39 Å². The van der Waals surface area contributed by atoms with E-state index in [1.54, 1.807) is 6.92 Å². The Kier molecular flexibility index (Phi) is 4.69. The lowest BCUT2D eigenvalue weighted by Gasteiger charge is -2.17. The maximum Gasteiger partial charge on any atom is 0.126 e. The first-order valence-electron chi connectivity index (χ1n) is 5.62. The third-order valence-corrected chi connectivity index (χ3v) is 2.79. The molecule has 1 rings (SSSR count). The summed E-state index contributed by atoms with van der Waals surface area (Å²) in [6, 6.07) is 5.57. The molecule has 0 spiro atoms. The van der Waals surface area contributed by atoms with Crippen molar-refractivity contribution in [1.29, 1.82) is 0 Å². The van der Waals surface area contributed by atoms with E-state index < -0.39 is 0 Å². The van der Waals surface area contributed by atoms with E-state index in [0.29, 0.717) is 5.56 Å². The predicted molar refractivity (Wildman–Crippen MR) is 67.0 cm³/mol. The van der Waals surface area contributed by atoms with Gasteiger partial charge in [-0.05, 0) is 50.9 Å². The minimum Gasteiger partial charge on any atom is -0.313 e. The minimum atomic E-state index is -0.140. The van der Waals surface area contributed by atoms with E-state index in [4.69, 9.17) is 0 Å². The molecule has 0 saturated heterocycles. The van der Waals surface area contributed by atoms with E-state index in [1.807, 2.05) is 26.1 Å². The van der Waals surface area contributed by atoms with Gasteiger partial charge in [0.2, 0.25) is 0 Å². The number of hydrogen-bond donors (Lipinski definition) is 1. The normalized spacial score (nSPS) is 12.5. The van der Waals surface area contributed by atoms with Crippen molar-refractivity contribution in [3.63, 3.8) is 0 Å². The maximum absolute atomic E-state index is 13.1. The quantitative estimate of drug-likeness (QED) is 0.747. The molecule has 0 saturated carbocycles. The van der Waals surface area contributed by atoms with Crippen LogP contribution in [0.2, 0.25) is 0 Å². The summed E-state index contributed by atoms with van der Waals surface area (Å²) >= 11 is 0. The third kappa shape index (κ3) is 3.46. The van der Waals surface area contributed by atoms with Gasteiger partial charge in [0.25, 0.3) is 0 Å². The molecule has 1 nitrogen and oxygen atoms in total. The molecule has 88 valence electrons. The van der Waals surface area contributed by atoms with Gasteiger partial charge in [0.05, 0.1) is 0 Å². The molecule has 0 radical (unpaired) electrons. The van der Waals surface area contributed by atoms with E-state index in [-0.39, 0.29) is 11.9 Å². The molecule has 0 aliphatic rings. The van der Waals surface area contributed by atoms with Gasteiger partial charge in [-0.15, -0.1) is 6.58 Å². The molecule has 0 bridgehead atoms. The van der Waals surface area contributed by atoms with Crippen LogP contribution in [0.25, 0.3) is 0 Å². The molecular formula is C14H20FN. The van der Waals surface area contributed by atoms with Gasteiger partial charge in [-0.25, -0.2) is 4.39 Å². The van der Waals surface area contributed by atoms with E-state index in [0.717, 1.165) is 18.4 Å². The Balaban J connectivity index is 2.78. The number of halogens is 1. The first kappa shape index (κ1) is 12.9. The van der Waals surface area contributed by atoms with Crippen LogP contribution in [0.5, 0.6) is 0 Å². The first-order valence-corrected chi connectivity index (χ1v) is 5.62. The smallest absolute Gasteiger partial charge is 0.126 e. The Hall–Kier alpha value is -1.15. The number of aryl methyl sites for hydroxylation is 1. The van der Waals surface area contributed by atoms with Gasteiger partial charge >= 0.3 is 0 Å². The van der Waals surface area contributed by atoms with E-state index in [2.05, 4.69) is 11.9 Å². The Morgan fingerprint density at radius 2 is 2.19 bits per heavy atom. The summed E-state index contributed by atoms with van der Waals surface area (Å²) in [6.45, 7) is 7.73. The van der Waals surface area contributed by atoms with Crippen LogP contribution in [-0.4, -0.2) is 7.05 Å². The monoisotopic (exact) mass is 221 g/mol. The second-order valence-electron chi connectivity index (χ2n) is 4.35. The van der Waals surface area contributed by atoms with Crippen molar-refractivity contribution in [2.75, 3.05) is 7.05 Å². The molecular weight excluding hydrogens is 201 g/mol. The van der Waals surface area contributed by atoms with Gasteiger partial charge in [-0.1, -0.05) is 17.7 Å². The van der Waals surface area contributed by atoms with Crippen molar-refractivity contribution in [3.05, 3.63) is 47.3 Å². The van der Waals surface area contributed by atoms with Crippen molar-refractivity contribution in [2.24, 2.45) is 0 Å². The Bertz CT molecular complexity index is 371. The highest BCUT2D eigenvalue weighted by molar-refractivity contribution is 5.26. The van der Waals surface area contributed by atoms with Crippen LogP contribution in [0, 0.1) is 12.7 Å². The zero-order valence-corrected chi connectivity index (χ0v) is 10.3. The summed E-state index contributed by atoms with van der Waals surface area (Å²) in [4.78, 5) is 0. The van der Waals surface area contributed by atoms with Crippen molar-refractivity contribution < 1.29 is 4.39 Å². The molecule has 0 fully saturated rings. The average Bonchev–Trinajstić information content (AvgIpc) is 2.23. The fraction of sp³-hybridized carbons (Fsp3) is 0.429. The molecule has 1 atom stereocenters. The Morgan fingerprint density at radius 3 is 2.69 bits per heavy atom. The van der Waals surface area contributed by atoms with Crippen LogP contribution < -0.4 is 5.32 Å². The van der Waals surface area contributed by atoms with Gasteiger partial charge in [0, 0.05) is 6.04 Å². The molecule has 2 heteroatoms. The highest BCUT2D eigenvalue weighted by atomic mass is 19.1. The number of allylic oxidation sites excluding steroid dienone is 1. The highest BCUT2D eigenvalue weighted by Gasteiger charge is 2.10. The standard InChI is InChI=1S/C14H20FN/c1-10(2)5-8-14(16-4)12-6-7-13(15)11(3)9-12/h6-7,9,14,16H,1,5,8H2,2-4H3. The van der Waals surface area contributed by atoms with Gasteiger partial charge in [0.1, 0.15) is 5.82 Å². The minimum absolute atomic E-state index is 0.140. The highest BCUT2D eigenvalue weighted by Crippen LogP contribution is 2.22. The van der Waals surface area contributed by atoms with Crippen LogP contribution in [-0.2, 0) is 0 Å². The van der Waals surface area contributed by atoms with Crippen LogP contribution in [0.3, 0.4) is 0 Å². The zero-order chi connectivity index (χ0) is 12.1. The number of rotatable bonds is 5. The zero-order valence-electron chi connectivity index (χ0n) is 10.3. The van der Waals surface area contributed by atoms with Crippen molar-refractivity contribution in [1.82, 2.24) is 5.32 Å². The van der Waals surface area contributed by atoms with Gasteiger partial charge in [-0.2, -0.15) is 0 Å². The number of benzene rings is 1. The lowest BCUT2D eigenvalue weighted by Crippen LogP contribution is -2.16. The van der Waals surface area contributed by atoms with E-state index >= 15 is 0 Å². The van der Waals surface area contributed by atoms with Crippen LogP contribution >= 0.6 is 0 Å². The lowest BCUT2D eigenvalue weighted by atomic mass is 9.98. The second-order valence-corrected chi connectivity index (χ2v) is 4.35. The van der Waals surface area contributed by atoms with Gasteiger partial charge in [0.15, 0.2) is 0 Å². The summed E-state index contributed by atoms with van der Waals surface area (Å²) in [7, 11) is 1.93. The molecule has 0 aliphatic heterocycles. The lowest BCUT2D eigenvalue weighted by molar-refractivity contribution is 0.544. The average molecular weight is 221 g/mol. The topological polar surface area (TPSA) is 12.0 Å². The molecule has 1 aromatic carbocycles. The maximum atomic E-state index is 13.1. The second kappa shape index (κ2) is 5.80. The largest absolute Gasteiger partial charge is 0.313 e. The van der Waals surface area contributed by atoms with E-state index in [1.165, 1.54) is 11.6 Å². The van der Waals surface area contributed by atoms with Gasteiger partial charge in [-0.3, -0.25) is 0 Å². The predicted octanol–water partition coefficient (Wildman–Crippen LogP) is 3.75. The SMILES string of the molecule is C=C(C)CCC(NC)c1ccc(F)c(C)c1. The Labute approximate surface area is 97.4 Å². The molecule has 0 aromatic heterocycles. The number of hydrogen-bond acceptors (Lipinski definition) is 1. The summed E-state index contributed by atoms with van der Waals surface area (Å²) in [5.74, 6) is -0.140. The first-order chi connectivity index (χ1) is 7.54. The summed E-state index contributed by atoms with van der Waals surface area (Å²) in [6.07, 6.45) is 1.98. The molecule has 1 N–H and O–H groups in total. The molecule has 0 amide bonds. The number of nitrogens with one attached hydrogen (secondary N) is 1. The molecule has 0 heterocycles. The molecule has 1 unspecified atom stereocenters. The third-order valence-electron chi connectivity index (χ3n) is 2.79. The molecule has 0 aliphatic carbocycles. The fourth-order valence-electron chi connectivity index (χ4n) is 1.75. The molecule has 1 aromatic rings. The van der Waals surface area contributed by atoms with Crippen molar-refractivity contribution >= 4 is 0 Å². The summed E-state index contributed by atoms with van der Waals surface area (Å²) in [5.41, 5.74) is 3.02. The summed E-state index contributed by atoms with van der Waals surface area (Å²) < 4.78 is 13.1. The summed E-state index contributed by atoms with van der Waals surface area (Å²) in [5, 5.41) is 3.26. The molecule has 16 heavy (non-hydrogen) atoms. The van der Waals surface area contributed by atoms with Crippen molar-refractivity contribution in [3.8, 4) is 0 Å². The Morgan fingerprint density at radius 1 is 1.50 bits per heavy atom. The fourth-order valence-corrected chi connectivity index (χ4v) is 1.75. The van der Waals surface area contributed by atoms with Crippen LogP contribution in [0.15, 0.2) is 30.4 Å². The van der Waals surface area contributed by atoms with E-state index in [9.17, 15) is 4.39 Å².